The fourth-order valence-electron chi connectivity index (χ4n) is 4.00. The lowest BCUT2D eigenvalue weighted by atomic mass is 9.95. The smallest absolute Gasteiger partial charge is 0.227 e. The van der Waals surface area contributed by atoms with E-state index in [9.17, 15) is 9.59 Å². The minimum absolute atomic E-state index is 0.0366. The van der Waals surface area contributed by atoms with Gasteiger partial charge in [-0.05, 0) is 44.4 Å². The number of likely N-dealkylation sites (tertiary alicyclic amines) is 1. The summed E-state index contributed by atoms with van der Waals surface area (Å²) in [7, 11) is 5.13. The van der Waals surface area contributed by atoms with E-state index in [2.05, 4.69) is 0 Å². The first kappa shape index (κ1) is 22.7. The van der Waals surface area contributed by atoms with Crippen LogP contribution in [0.2, 0.25) is 0 Å². The number of hydrogen-bond acceptors (Lipinski definition) is 5. The van der Waals surface area contributed by atoms with E-state index in [-0.39, 0.29) is 17.7 Å². The lowest BCUT2D eigenvalue weighted by molar-refractivity contribution is -0.131. The van der Waals surface area contributed by atoms with E-state index in [0.29, 0.717) is 19.4 Å². The lowest BCUT2D eigenvalue weighted by Gasteiger charge is -2.32. The van der Waals surface area contributed by atoms with Gasteiger partial charge in [0.25, 0.3) is 0 Å². The maximum absolute atomic E-state index is 12.9. The third kappa shape index (κ3) is 5.60. The van der Waals surface area contributed by atoms with Crippen LogP contribution in [0.1, 0.15) is 47.1 Å². The molecule has 1 atom stereocenters. The monoisotopic (exact) mass is 424 g/mol. The minimum atomic E-state index is 0.0366. The predicted molar refractivity (Wildman–Crippen MR) is 119 cm³/mol. The van der Waals surface area contributed by atoms with Crippen molar-refractivity contribution in [3.63, 3.8) is 0 Å². The van der Waals surface area contributed by atoms with Gasteiger partial charge in [0.1, 0.15) is 11.6 Å². The Morgan fingerprint density at radius 1 is 1.16 bits per heavy atom. The van der Waals surface area contributed by atoms with Gasteiger partial charge in [-0.15, -0.1) is 0 Å². The van der Waals surface area contributed by atoms with Crippen molar-refractivity contribution in [2.75, 3.05) is 34.3 Å². The quantitative estimate of drug-likeness (QED) is 0.713. The zero-order valence-electron chi connectivity index (χ0n) is 19.1. The molecule has 31 heavy (non-hydrogen) atoms. The fourth-order valence-corrected chi connectivity index (χ4v) is 4.00. The molecule has 2 heterocycles. The van der Waals surface area contributed by atoms with Crippen LogP contribution in [-0.2, 0) is 22.4 Å². The molecule has 0 radical (unpaired) electrons. The number of carbonyl (C=O) groups is 2. The predicted octanol–water partition coefficient (Wildman–Crippen LogP) is 2.68. The number of nitrogens with zero attached hydrogens (tertiary/aromatic N) is 4. The normalized spacial score (nSPS) is 16.2. The number of carbonyl (C=O) groups excluding carboxylic acids is 2. The first-order valence-corrected chi connectivity index (χ1v) is 10.7. The van der Waals surface area contributed by atoms with Gasteiger partial charge in [-0.25, -0.2) is 9.97 Å². The van der Waals surface area contributed by atoms with Crippen LogP contribution in [0.15, 0.2) is 24.3 Å². The van der Waals surface area contributed by atoms with E-state index in [1.165, 1.54) is 0 Å². The first-order valence-electron chi connectivity index (χ1n) is 10.7. The molecule has 7 heteroatoms. The zero-order chi connectivity index (χ0) is 22.5. The van der Waals surface area contributed by atoms with Gasteiger partial charge in [0.2, 0.25) is 11.8 Å². The van der Waals surface area contributed by atoms with Gasteiger partial charge in [-0.2, -0.15) is 0 Å². The van der Waals surface area contributed by atoms with Crippen molar-refractivity contribution in [3.05, 3.63) is 52.6 Å². The van der Waals surface area contributed by atoms with E-state index in [0.717, 1.165) is 53.5 Å². The van der Waals surface area contributed by atoms with Gasteiger partial charge in [-0.3, -0.25) is 9.59 Å². The Bertz CT molecular complexity index is 935. The highest BCUT2D eigenvalue weighted by Gasteiger charge is 2.27. The van der Waals surface area contributed by atoms with E-state index in [1.807, 2.05) is 43.0 Å². The second kappa shape index (κ2) is 9.90. The molecular weight excluding hydrogens is 392 g/mol. The molecular formula is C24H32N4O3. The summed E-state index contributed by atoms with van der Waals surface area (Å²) in [5, 5.41) is 0. The Hall–Kier alpha value is -2.96. The SMILES string of the molecule is COc1cccc(CC(=O)N2CCC[C@@H](c3nc(C)c(CC(=O)N(C)C)c(C)n3)C2)c1. The summed E-state index contributed by atoms with van der Waals surface area (Å²) < 4.78 is 5.26. The molecule has 1 fully saturated rings. The highest BCUT2D eigenvalue weighted by atomic mass is 16.5. The molecule has 166 valence electrons. The van der Waals surface area contributed by atoms with Crippen molar-refractivity contribution in [2.45, 2.75) is 45.4 Å². The Kier molecular flexibility index (Phi) is 7.25. The summed E-state index contributed by atoms with van der Waals surface area (Å²) in [5.74, 6) is 1.79. The molecule has 0 bridgehead atoms. The van der Waals surface area contributed by atoms with Crippen LogP contribution in [0.3, 0.4) is 0 Å². The van der Waals surface area contributed by atoms with Gasteiger partial charge in [-0.1, -0.05) is 12.1 Å². The molecule has 3 rings (SSSR count). The van der Waals surface area contributed by atoms with Crippen LogP contribution in [-0.4, -0.2) is 65.9 Å². The van der Waals surface area contributed by atoms with E-state index in [1.54, 1.807) is 26.1 Å². The molecule has 1 saturated heterocycles. The van der Waals surface area contributed by atoms with Crippen molar-refractivity contribution in [2.24, 2.45) is 0 Å². The second-order valence-electron chi connectivity index (χ2n) is 8.40. The van der Waals surface area contributed by atoms with E-state index in [4.69, 9.17) is 14.7 Å². The van der Waals surface area contributed by atoms with Crippen molar-refractivity contribution >= 4 is 11.8 Å². The molecule has 0 saturated carbocycles. The number of benzene rings is 1. The number of ether oxygens (including phenoxy) is 1. The molecule has 1 aliphatic heterocycles. The van der Waals surface area contributed by atoms with Crippen molar-refractivity contribution in [1.82, 2.24) is 19.8 Å². The third-order valence-electron chi connectivity index (χ3n) is 5.89. The number of piperidine rings is 1. The summed E-state index contributed by atoms with van der Waals surface area (Å²) >= 11 is 0. The third-order valence-corrected chi connectivity index (χ3v) is 5.89. The van der Waals surface area contributed by atoms with Crippen LogP contribution in [0.4, 0.5) is 0 Å². The lowest BCUT2D eigenvalue weighted by Crippen LogP contribution is -2.40. The number of likely N-dealkylation sites (N-methyl/N-ethyl adjacent to an activating group) is 1. The van der Waals surface area contributed by atoms with Gasteiger partial charge < -0.3 is 14.5 Å². The number of aryl methyl sites for hydroxylation is 2. The van der Waals surface area contributed by atoms with Gasteiger partial charge in [0, 0.05) is 50.1 Å². The van der Waals surface area contributed by atoms with Crippen LogP contribution in [0.25, 0.3) is 0 Å². The summed E-state index contributed by atoms with van der Waals surface area (Å²) in [6, 6.07) is 7.64. The molecule has 0 unspecified atom stereocenters. The Morgan fingerprint density at radius 2 is 1.87 bits per heavy atom. The van der Waals surface area contributed by atoms with Crippen LogP contribution < -0.4 is 4.74 Å². The highest BCUT2D eigenvalue weighted by molar-refractivity contribution is 5.79. The number of amides is 2. The number of aromatic nitrogens is 2. The molecule has 1 aliphatic rings. The van der Waals surface area contributed by atoms with Crippen molar-refractivity contribution < 1.29 is 14.3 Å². The Labute approximate surface area is 184 Å². The van der Waals surface area contributed by atoms with Gasteiger partial charge >= 0.3 is 0 Å². The number of hydrogen-bond donors (Lipinski definition) is 0. The van der Waals surface area contributed by atoms with E-state index >= 15 is 0 Å². The molecule has 7 nitrogen and oxygen atoms in total. The minimum Gasteiger partial charge on any atom is -0.497 e. The molecule has 0 spiro atoms. The molecule has 2 amide bonds. The first-order chi connectivity index (χ1) is 14.8. The topological polar surface area (TPSA) is 75.6 Å². The standard InChI is InChI=1S/C24H32N4O3/c1-16-21(14-22(29)27(3)4)17(2)26-24(25-16)19-9-7-11-28(15-19)23(30)13-18-8-6-10-20(12-18)31-5/h6,8,10,12,19H,7,9,11,13-15H2,1-5H3/t19-/m1/s1. The van der Waals surface area contributed by atoms with Crippen molar-refractivity contribution in [3.8, 4) is 5.75 Å². The average Bonchev–Trinajstić information content (AvgIpc) is 2.76. The largest absolute Gasteiger partial charge is 0.497 e. The Balaban J connectivity index is 1.71. The fraction of sp³-hybridized carbons (Fsp3) is 0.500. The van der Waals surface area contributed by atoms with Gasteiger partial charge in [0.15, 0.2) is 0 Å². The summed E-state index contributed by atoms with van der Waals surface area (Å²) in [4.78, 5) is 38.0. The maximum Gasteiger partial charge on any atom is 0.227 e. The highest BCUT2D eigenvalue weighted by Crippen LogP contribution is 2.27. The van der Waals surface area contributed by atoms with Crippen LogP contribution >= 0.6 is 0 Å². The summed E-state index contributed by atoms with van der Waals surface area (Å²) in [5.41, 5.74) is 3.53. The molecule has 2 aromatic rings. The second-order valence-corrected chi connectivity index (χ2v) is 8.40. The van der Waals surface area contributed by atoms with Gasteiger partial charge in [0.05, 0.1) is 20.0 Å². The summed E-state index contributed by atoms with van der Waals surface area (Å²) in [6.07, 6.45) is 2.55. The van der Waals surface area contributed by atoms with Crippen LogP contribution in [0, 0.1) is 13.8 Å². The molecule has 1 aromatic carbocycles. The Morgan fingerprint density at radius 3 is 2.52 bits per heavy atom. The molecule has 1 aromatic heterocycles. The van der Waals surface area contributed by atoms with Crippen molar-refractivity contribution in [1.29, 1.82) is 0 Å². The number of rotatable bonds is 6. The summed E-state index contributed by atoms with van der Waals surface area (Å²) in [6.45, 7) is 5.25. The average molecular weight is 425 g/mol. The van der Waals surface area contributed by atoms with Crippen LogP contribution in [0.5, 0.6) is 5.75 Å². The maximum atomic E-state index is 12.9. The molecule has 0 aliphatic carbocycles. The molecule has 0 N–H and O–H groups in total. The number of methoxy groups -OCH3 is 1. The van der Waals surface area contributed by atoms with E-state index < -0.39 is 0 Å². The zero-order valence-corrected chi connectivity index (χ0v) is 19.1.